The van der Waals surface area contributed by atoms with E-state index in [4.69, 9.17) is 14.9 Å². The van der Waals surface area contributed by atoms with Crippen molar-refractivity contribution in [3.8, 4) is 28.3 Å². The molecule has 1 aromatic heterocycles. The standard InChI is InChI=1S/C33H30FN3O3/c1-40-32-18-23(21-35-28-16-14-24(29(34)19-28)15-17-33(38)39)12-13-27(32)22-37-31(26-10-6-3-7-11-26)20-30(36-37)25-8-4-2-5-9-25/h2-14,16,18-20,35H,15,17,21-22H2,1H3,(H,38,39). The van der Waals surface area contributed by atoms with Gasteiger partial charge >= 0.3 is 5.97 Å². The lowest BCUT2D eigenvalue weighted by Crippen LogP contribution is -2.07. The zero-order chi connectivity index (χ0) is 27.9. The normalized spacial score (nSPS) is 10.8. The van der Waals surface area contributed by atoms with Gasteiger partial charge in [0.15, 0.2) is 0 Å². The Morgan fingerprint density at radius 2 is 1.60 bits per heavy atom. The Labute approximate surface area is 232 Å². The molecule has 0 spiro atoms. The average molecular weight is 536 g/mol. The van der Waals surface area contributed by atoms with Crippen molar-refractivity contribution in [2.45, 2.75) is 25.9 Å². The van der Waals surface area contributed by atoms with E-state index in [0.717, 1.165) is 39.4 Å². The number of aryl methyl sites for hydroxylation is 1. The lowest BCUT2D eigenvalue weighted by atomic mass is 10.1. The number of benzene rings is 4. The topological polar surface area (TPSA) is 76.4 Å². The van der Waals surface area contributed by atoms with E-state index in [1.54, 1.807) is 19.2 Å². The number of methoxy groups -OCH3 is 1. The van der Waals surface area contributed by atoms with Crippen molar-refractivity contribution < 1.29 is 19.0 Å². The van der Waals surface area contributed by atoms with Crippen molar-refractivity contribution in [2.24, 2.45) is 0 Å². The largest absolute Gasteiger partial charge is 0.496 e. The van der Waals surface area contributed by atoms with Crippen LogP contribution in [0.15, 0.2) is 103 Å². The first-order chi connectivity index (χ1) is 19.5. The summed E-state index contributed by atoms with van der Waals surface area (Å²) in [5.74, 6) is -0.618. The van der Waals surface area contributed by atoms with E-state index in [-0.39, 0.29) is 12.8 Å². The van der Waals surface area contributed by atoms with Crippen molar-refractivity contribution in [3.63, 3.8) is 0 Å². The summed E-state index contributed by atoms with van der Waals surface area (Å²) >= 11 is 0. The zero-order valence-electron chi connectivity index (χ0n) is 22.2. The van der Waals surface area contributed by atoms with E-state index in [2.05, 4.69) is 35.6 Å². The fourth-order valence-electron chi connectivity index (χ4n) is 4.63. The molecule has 1 heterocycles. The van der Waals surface area contributed by atoms with Crippen LogP contribution in [-0.2, 0) is 24.3 Å². The molecule has 0 aliphatic rings. The molecular weight excluding hydrogens is 505 g/mol. The van der Waals surface area contributed by atoms with Crippen LogP contribution in [0.2, 0.25) is 0 Å². The van der Waals surface area contributed by atoms with Crippen molar-refractivity contribution in [1.82, 2.24) is 9.78 Å². The minimum absolute atomic E-state index is 0.102. The molecule has 0 radical (unpaired) electrons. The SMILES string of the molecule is COc1cc(CNc2ccc(CCC(=O)O)c(F)c2)ccc1Cn1nc(-c2ccccc2)cc1-c1ccccc1. The monoisotopic (exact) mass is 535 g/mol. The van der Waals surface area contributed by atoms with E-state index >= 15 is 0 Å². The number of anilines is 1. The summed E-state index contributed by atoms with van der Waals surface area (Å²) in [6.07, 6.45) is 0.0595. The Balaban J connectivity index is 1.34. The summed E-state index contributed by atoms with van der Waals surface area (Å²) in [7, 11) is 1.65. The molecule has 6 nitrogen and oxygen atoms in total. The molecular formula is C33H30FN3O3. The Morgan fingerprint density at radius 3 is 2.27 bits per heavy atom. The third-order valence-electron chi connectivity index (χ3n) is 6.75. The highest BCUT2D eigenvalue weighted by atomic mass is 19.1. The minimum atomic E-state index is -0.945. The van der Waals surface area contributed by atoms with E-state index in [1.807, 2.05) is 59.3 Å². The van der Waals surface area contributed by atoms with Gasteiger partial charge in [0.05, 0.1) is 25.0 Å². The predicted molar refractivity (Wildman–Crippen MR) is 155 cm³/mol. The van der Waals surface area contributed by atoms with Crippen LogP contribution in [0.1, 0.15) is 23.1 Å². The number of aromatic nitrogens is 2. The third kappa shape index (κ3) is 6.38. The van der Waals surface area contributed by atoms with Gasteiger partial charge in [0.1, 0.15) is 11.6 Å². The number of carboxylic acid groups (broad SMARTS) is 1. The van der Waals surface area contributed by atoms with Gasteiger partial charge < -0.3 is 15.2 Å². The highest BCUT2D eigenvalue weighted by molar-refractivity contribution is 5.69. The maximum absolute atomic E-state index is 14.4. The molecule has 0 atom stereocenters. The van der Waals surface area contributed by atoms with Gasteiger partial charge in [-0.3, -0.25) is 9.48 Å². The molecule has 5 aromatic rings. The lowest BCUT2D eigenvalue weighted by molar-refractivity contribution is -0.136. The molecule has 0 unspecified atom stereocenters. The number of aliphatic carboxylic acids is 1. The fraction of sp³-hybridized carbons (Fsp3) is 0.152. The highest BCUT2D eigenvalue weighted by Gasteiger charge is 2.14. The number of ether oxygens (including phenoxy) is 1. The van der Waals surface area contributed by atoms with Crippen molar-refractivity contribution >= 4 is 11.7 Å². The number of nitrogens with zero attached hydrogens (tertiary/aromatic N) is 2. The second-order valence-electron chi connectivity index (χ2n) is 9.50. The molecule has 0 saturated carbocycles. The number of halogens is 1. The van der Waals surface area contributed by atoms with Crippen molar-refractivity contribution in [3.05, 3.63) is 126 Å². The molecule has 0 fully saturated rings. The second kappa shape index (κ2) is 12.3. The van der Waals surface area contributed by atoms with Crippen LogP contribution in [0.25, 0.3) is 22.5 Å². The molecule has 5 rings (SSSR count). The third-order valence-corrected chi connectivity index (χ3v) is 6.75. The summed E-state index contributed by atoms with van der Waals surface area (Å²) in [5, 5.41) is 17.0. The zero-order valence-corrected chi connectivity index (χ0v) is 22.2. The van der Waals surface area contributed by atoms with E-state index in [1.165, 1.54) is 6.07 Å². The number of nitrogens with one attached hydrogen (secondary N) is 1. The number of hydrogen-bond acceptors (Lipinski definition) is 4. The molecule has 0 aliphatic heterocycles. The fourth-order valence-corrected chi connectivity index (χ4v) is 4.63. The van der Waals surface area contributed by atoms with Crippen LogP contribution < -0.4 is 10.1 Å². The quantitative estimate of drug-likeness (QED) is 0.190. The van der Waals surface area contributed by atoms with Crippen LogP contribution in [-0.4, -0.2) is 28.0 Å². The Morgan fingerprint density at radius 1 is 0.900 bits per heavy atom. The van der Waals surface area contributed by atoms with Gasteiger partial charge in [-0.25, -0.2) is 4.39 Å². The molecule has 2 N–H and O–H groups in total. The maximum Gasteiger partial charge on any atom is 0.303 e. The summed E-state index contributed by atoms with van der Waals surface area (Å²) in [4.78, 5) is 10.8. The van der Waals surface area contributed by atoms with Crippen LogP contribution in [0, 0.1) is 5.82 Å². The Kier molecular flexibility index (Phi) is 8.21. The second-order valence-corrected chi connectivity index (χ2v) is 9.50. The van der Waals surface area contributed by atoms with Crippen LogP contribution in [0.4, 0.5) is 10.1 Å². The van der Waals surface area contributed by atoms with Crippen LogP contribution >= 0.6 is 0 Å². The summed E-state index contributed by atoms with van der Waals surface area (Å²) in [6, 6.07) is 33.2. The summed E-state index contributed by atoms with van der Waals surface area (Å²) in [5.41, 5.74) is 7.03. The highest BCUT2D eigenvalue weighted by Crippen LogP contribution is 2.29. The van der Waals surface area contributed by atoms with E-state index in [0.29, 0.717) is 24.3 Å². The number of carboxylic acids is 1. The minimum Gasteiger partial charge on any atom is -0.496 e. The van der Waals surface area contributed by atoms with Gasteiger partial charge in [0.25, 0.3) is 0 Å². The van der Waals surface area contributed by atoms with Crippen molar-refractivity contribution in [1.29, 1.82) is 0 Å². The van der Waals surface area contributed by atoms with Gasteiger partial charge in [-0.1, -0.05) is 78.9 Å². The predicted octanol–water partition coefficient (Wildman–Crippen LogP) is 7.04. The van der Waals surface area contributed by atoms with Crippen LogP contribution in [0.5, 0.6) is 5.75 Å². The van der Waals surface area contributed by atoms with Crippen molar-refractivity contribution in [2.75, 3.05) is 12.4 Å². The first kappa shape index (κ1) is 26.7. The Hall–Kier alpha value is -4.91. The molecule has 0 saturated heterocycles. The van der Waals surface area contributed by atoms with Gasteiger partial charge in [-0.05, 0) is 47.4 Å². The van der Waals surface area contributed by atoms with Crippen LogP contribution in [0.3, 0.4) is 0 Å². The Bertz CT molecular complexity index is 1600. The number of hydrogen-bond donors (Lipinski definition) is 2. The number of carbonyl (C=O) groups is 1. The maximum atomic E-state index is 14.4. The first-order valence-corrected chi connectivity index (χ1v) is 13.1. The molecule has 4 aromatic carbocycles. The summed E-state index contributed by atoms with van der Waals surface area (Å²) < 4.78 is 22.2. The van der Waals surface area contributed by atoms with Gasteiger partial charge in [0, 0.05) is 29.8 Å². The molecule has 0 bridgehead atoms. The molecule has 40 heavy (non-hydrogen) atoms. The smallest absolute Gasteiger partial charge is 0.303 e. The van der Waals surface area contributed by atoms with Gasteiger partial charge in [-0.2, -0.15) is 5.10 Å². The van der Waals surface area contributed by atoms with Gasteiger partial charge in [0.2, 0.25) is 0 Å². The van der Waals surface area contributed by atoms with Gasteiger partial charge in [-0.15, -0.1) is 0 Å². The molecule has 202 valence electrons. The van der Waals surface area contributed by atoms with E-state index < -0.39 is 11.8 Å². The number of rotatable bonds is 11. The lowest BCUT2D eigenvalue weighted by Gasteiger charge is -2.14. The molecule has 0 amide bonds. The summed E-state index contributed by atoms with van der Waals surface area (Å²) in [6.45, 7) is 0.997. The molecule has 7 heteroatoms. The van der Waals surface area contributed by atoms with E-state index in [9.17, 15) is 9.18 Å². The average Bonchev–Trinajstić information content (AvgIpc) is 3.40. The first-order valence-electron chi connectivity index (χ1n) is 13.1. The molecule has 0 aliphatic carbocycles.